The van der Waals surface area contributed by atoms with Crippen molar-refractivity contribution in [2.24, 2.45) is 0 Å². The van der Waals surface area contributed by atoms with E-state index in [0.717, 1.165) is 36.1 Å². The third-order valence-electron chi connectivity index (χ3n) is 4.72. The average Bonchev–Trinajstić information content (AvgIpc) is 3.10. The number of likely N-dealkylation sites (N-methyl/N-ethyl adjacent to an activating group) is 1. The van der Waals surface area contributed by atoms with E-state index >= 15 is 0 Å². The van der Waals surface area contributed by atoms with Crippen molar-refractivity contribution in [3.63, 3.8) is 0 Å². The second-order valence-corrected chi connectivity index (χ2v) is 6.60. The predicted octanol–water partition coefficient (Wildman–Crippen LogP) is 4.45. The van der Waals surface area contributed by atoms with Gasteiger partial charge in [0.15, 0.2) is 0 Å². The molecule has 1 amide bonds. The van der Waals surface area contributed by atoms with Crippen LogP contribution >= 0.6 is 0 Å². The molecule has 142 valence electrons. The van der Waals surface area contributed by atoms with Gasteiger partial charge in [0.25, 0.3) is 5.91 Å². The van der Waals surface area contributed by atoms with E-state index in [2.05, 4.69) is 29.0 Å². The summed E-state index contributed by atoms with van der Waals surface area (Å²) in [6.45, 7) is 9.75. The number of anilines is 1. The zero-order valence-electron chi connectivity index (χ0n) is 16.2. The summed E-state index contributed by atoms with van der Waals surface area (Å²) in [5.74, 6) is 0.508. The Labute approximate surface area is 160 Å². The van der Waals surface area contributed by atoms with Crippen LogP contribution in [0.25, 0.3) is 10.9 Å². The number of para-hydroxylation sites is 2. The van der Waals surface area contributed by atoms with Crippen LogP contribution in [-0.4, -0.2) is 42.0 Å². The molecule has 0 radical (unpaired) electrons. The number of ether oxygens (including phenoxy) is 1. The lowest BCUT2D eigenvalue weighted by molar-refractivity contribution is 0.102. The number of fused-ring (bicyclic) bond motifs is 1. The molecule has 0 saturated heterocycles. The minimum Gasteiger partial charge on any atom is -0.490 e. The normalized spacial score (nSPS) is 11.1. The van der Waals surface area contributed by atoms with Crippen LogP contribution in [0.15, 0.2) is 48.5 Å². The van der Waals surface area contributed by atoms with Crippen LogP contribution in [0.1, 0.15) is 29.9 Å². The van der Waals surface area contributed by atoms with Gasteiger partial charge >= 0.3 is 0 Å². The molecule has 0 saturated carbocycles. The average molecular weight is 365 g/mol. The van der Waals surface area contributed by atoms with E-state index < -0.39 is 0 Å². The monoisotopic (exact) mass is 365 g/mol. The van der Waals surface area contributed by atoms with Crippen LogP contribution in [0.4, 0.5) is 5.69 Å². The van der Waals surface area contributed by atoms with Gasteiger partial charge in [-0.3, -0.25) is 4.79 Å². The molecule has 5 heteroatoms. The first kappa shape index (κ1) is 19.0. The quantitative estimate of drug-likeness (QED) is 0.620. The first-order valence-electron chi connectivity index (χ1n) is 9.45. The summed E-state index contributed by atoms with van der Waals surface area (Å²) in [7, 11) is 0. The highest BCUT2D eigenvalue weighted by atomic mass is 16.5. The van der Waals surface area contributed by atoms with Gasteiger partial charge in [0, 0.05) is 17.4 Å². The Kier molecular flexibility index (Phi) is 6.14. The van der Waals surface area contributed by atoms with E-state index in [1.807, 2.05) is 55.5 Å². The van der Waals surface area contributed by atoms with Crippen molar-refractivity contribution in [1.82, 2.24) is 9.88 Å². The molecule has 0 aliphatic heterocycles. The number of H-pyrrole nitrogens is 1. The van der Waals surface area contributed by atoms with E-state index in [9.17, 15) is 4.79 Å². The van der Waals surface area contributed by atoms with Crippen LogP contribution < -0.4 is 10.1 Å². The topological polar surface area (TPSA) is 57.4 Å². The molecule has 2 N–H and O–H groups in total. The molecule has 0 atom stereocenters. The Hall–Kier alpha value is -2.79. The fourth-order valence-corrected chi connectivity index (χ4v) is 3.07. The summed E-state index contributed by atoms with van der Waals surface area (Å²) in [4.78, 5) is 18.2. The number of aryl methyl sites for hydroxylation is 1. The first-order chi connectivity index (χ1) is 13.1. The van der Waals surface area contributed by atoms with Crippen molar-refractivity contribution >= 4 is 22.5 Å². The van der Waals surface area contributed by atoms with E-state index in [1.165, 1.54) is 0 Å². The number of nitrogens with one attached hydrogen (secondary N) is 2. The molecule has 3 aromatic rings. The van der Waals surface area contributed by atoms with E-state index in [0.29, 0.717) is 23.7 Å². The third kappa shape index (κ3) is 4.68. The Bertz CT molecular complexity index is 913. The van der Waals surface area contributed by atoms with E-state index in [4.69, 9.17) is 4.74 Å². The molecule has 1 aromatic heterocycles. The van der Waals surface area contributed by atoms with E-state index in [1.54, 1.807) is 0 Å². The van der Waals surface area contributed by atoms with Gasteiger partial charge < -0.3 is 19.9 Å². The molecule has 0 bridgehead atoms. The van der Waals surface area contributed by atoms with Crippen molar-refractivity contribution in [3.8, 4) is 5.75 Å². The summed E-state index contributed by atoms with van der Waals surface area (Å²) in [6, 6.07) is 15.5. The maximum Gasteiger partial charge on any atom is 0.272 e. The highest BCUT2D eigenvalue weighted by Crippen LogP contribution is 2.25. The second kappa shape index (κ2) is 8.73. The fourth-order valence-electron chi connectivity index (χ4n) is 3.07. The first-order valence-corrected chi connectivity index (χ1v) is 9.45. The van der Waals surface area contributed by atoms with Gasteiger partial charge in [-0.1, -0.05) is 38.1 Å². The Morgan fingerprint density at radius 2 is 1.89 bits per heavy atom. The number of hydrogen-bond acceptors (Lipinski definition) is 3. The summed E-state index contributed by atoms with van der Waals surface area (Å²) < 4.78 is 5.92. The molecule has 0 unspecified atom stereocenters. The molecule has 0 aliphatic carbocycles. The lowest BCUT2D eigenvalue weighted by atomic mass is 10.2. The van der Waals surface area contributed by atoms with Crippen molar-refractivity contribution in [2.75, 3.05) is 31.6 Å². The molecule has 1 heterocycles. The number of benzene rings is 2. The van der Waals surface area contributed by atoms with Crippen molar-refractivity contribution in [3.05, 3.63) is 59.8 Å². The number of carbonyl (C=O) groups excluding carboxylic acids is 1. The Morgan fingerprint density at radius 1 is 1.11 bits per heavy atom. The Morgan fingerprint density at radius 3 is 2.67 bits per heavy atom. The predicted molar refractivity (Wildman–Crippen MR) is 111 cm³/mol. The summed E-state index contributed by atoms with van der Waals surface area (Å²) >= 11 is 0. The maximum absolute atomic E-state index is 12.7. The zero-order chi connectivity index (χ0) is 19.2. The van der Waals surface area contributed by atoms with Crippen molar-refractivity contribution < 1.29 is 9.53 Å². The van der Waals surface area contributed by atoms with Gasteiger partial charge in [-0.15, -0.1) is 0 Å². The summed E-state index contributed by atoms with van der Waals surface area (Å²) in [5, 5.41) is 3.98. The SMILES string of the molecule is CCN(CC)CCOc1ccccc1NC(=O)c1cc2ccc(C)cc2[nH]1. The third-order valence-corrected chi connectivity index (χ3v) is 4.72. The molecular formula is C22H27N3O2. The zero-order valence-corrected chi connectivity index (χ0v) is 16.2. The number of hydrogen-bond donors (Lipinski definition) is 2. The highest BCUT2D eigenvalue weighted by Gasteiger charge is 2.13. The maximum atomic E-state index is 12.7. The minimum atomic E-state index is -0.177. The van der Waals surface area contributed by atoms with Gasteiger partial charge in [0.05, 0.1) is 5.69 Å². The molecule has 27 heavy (non-hydrogen) atoms. The van der Waals surface area contributed by atoms with Crippen molar-refractivity contribution in [1.29, 1.82) is 0 Å². The highest BCUT2D eigenvalue weighted by molar-refractivity contribution is 6.06. The van der Waals surface area contributed by atoms with Crippen LogP contribution in [0, 0.1) is 6.92 Å². The second-order valence-electron chi connectivity index (χ2n) is 6.60. The number of amides is 1. The van der Waals surface area contributed by atoms with Crippen LogP contribution in [-0.2, 0) is 0 Å². The molecule has 3 rings (SSSR count). The number of aromatic amines is 1. The standard InChI is InChI=1S/C22H27N3O2/c1-4-25(5-2)12-13-27-21-9-7-6-8-18(21)24-22(26)20-15-17-11-10-16(3)14-19(17)23-20/h6-11,14-15,23H,4-5,12-13H2,1-3H3,(H,24,26). The molecule has 0 fully saturated rings. The summed E-state index contributed by atoms with van der Waals surface area (Å²) in [5.41, 5.74) is 3.33. The van der Waals surface area contributed by atoms with Gasteiger partial charge in [-0.05, 0) is 49.8 Å². The van der Waals surface area contributed by atoms with Crippen LogP contribution in [0.3, 0.4) is 0 Å². The number of nitrogens with zero attached hydrogens (tertiary/aromatic N) is 1. The van der Waals surface area contributed by atoms with E-state index in [-0.39, 0.29) is 5.91 Å². The smallest absolute Gasteiger partial charge is 0.272 e. The van der Waals surface area contributed by atoms with Gasteiger partial charge in [-0.25, -0.2) is 0 Å². The summed E-state index contributed by atoms with van der Waals surface area (Å²) in [6.07, 6.45) is 0. The molecular weight excluding hydrogens is 338 g/mol. The lowest BCUT2D eigenvalue weighted by Crippen LogP contribution is -2.28. The minimum absolute atomic E-state index is 0.177. The van der Waals surface area contributed by atoms with Crippen LogP contribution in [0.2, 0.25) is 0 Å². The largest absolute Gasteiger partial charge is 0.490 e. The molecule has 0 spiro atoms. The number of aromatic nitrogens is 1. The number of rotatable bonds is 8. The van der Waals surface area contributed by atoms with Gasteiger partial charge in [0.2, 0.25) is 0 Å². The van der Waals surface area contributed by atoms with Gasteiger partial charge in [0.1, 0.15) is 18.1 Å². The van der Waals surface area contributed by atoms with Crippen LogP contribution in [0.5, 0.6) is 5.75 Å². The molecule has 5 nitrogen and oxygen atoms in total. The lowest BCUT2D eigenvalue weighted by Gasteiger charge is -2.19. The molecule has 0 aliphatic rings. The van der Waals surface area contributed by atoms with Gasteiger partial charge in [-0.2, -0.15) is 0 Å². The molecule has 2 aromatic carbocycles. The Balaban J connectivity index is 1.70. The van der Waals surface area contributed by atoms with Crippen molar-refractivity contribution in [2.45, 2.75) is 20.8 Å². The fraction of sp³-hybridized carbons (Fsp3) is 0.318. The number of carbonyl (C=O) groups is 1.